The number of piperidine rings is 1. The van der Waals surface area contributed by atoms with Crippen LogP contribution in [-0.2, 0) is 9.59 Å². The number of carbonyl (C=O) groups excluding carboxylic acids is 1. The van der Waals surface area contributed by atoms with E-state index in [1.165, 1.54) is 4.90 Å². The van der Waals surface area contributed by atoms with E-state index in [0.717, 1.165) is 38.8 Å². The van der Waals surface area contributed by atoms with Gasteiger partial charge in [-0.2, -0.15) is 0 Å². The number of rotatable bonds is 5. The molecule has 5 nitrogen and oxygen atoms in total. The molecule has 1 heterocycles. The van der Waals surface area contributed by atoms with E-state index >= 15 is 0 Å². The van der Waals surface area contributed by atoms with E-state index in [9.17, 15) is 9.59 Å². The molecule has 0 spiro atoms. The van der Waals surface area contributed by atoms with Crippen molar-refractivity contribution in [2.24, 2.45) is 0 Å². The Labute approximate surface area is 102 Å². The molecule has 5 heteroatoms. The van der Waals surface area contributed by atoms with Gasteiger partial charge in [0.05, 0.1) is 6.04 Å². The molecule has 0 aromatic heterocycles. The molecule has 0 aromatic rings. The molecule has 1 aliphatic heterocycles. The topological polar surface area (TPSA) is 60.9 Å². The first kappa shape index (κ1) is 14.0. The summed E-state index contributed by atoms with van der Waals surface area (Å²) >= 11 is 0. The van der Waals surface area contributed by atoms with E-state index in [0.29, 0.717) is 0 Å². The summed E-state index contributed by atoms with van der Waals surface area (Å²) in [6, 6.07) is -0.118. The summed E-state index contributed by atoms with van der Waals surface area (Å²) < 4.78 is 0. The third-order valence-electron chi connectivity index (χ3n) is 3.16. The van der Waals surface area contributed by atoms with Crippen molar-refractivity contribution in [3.8, 4) is 0 Å². The number of nitrogens with zero attached hydrogens (tertiary/aromatic N) is 2. The molecule has 1 rings (SSSR count). The van der Waals surface area contributed by atoms with Gasteiger partial charge in [0.2, 0.25) is 5.91 Å². The molecular formula is C12H22N2O3. The Morgan fingerprint density at radius 1 is 1.41 bits per heavy atom. The molecular weight excluding hydrogens is 220 g/mol. The molecule has 1 unspecified atom stereocenters. The maximum atomic E-state index is 12.1. The van der Waals surface area contributed by atoms with E-state index in [1.807, 2.05) is 0 Å². The second-order valence-corrected chi connectivity index (χ2v) is 4.64. The smallest absolute Gasteiger partial charge is 0.323 e. The van der Waals surface area contributed by atoms with E-state index in [4.69, 9.17) is 5.11 Å². The van der Waals surface area contributed by atoms with Gasteiger partial charge in [0.1, 0.15) is 6.54 Å². The number of aliphatic carboxylic acids is 1. The van der Waals surface area contributed by atoms with Gasteiger partial charge < -0.3 is 10.0 Å². The van der Waals surface area contributed by atoms with Crippen LogP contribution in [0.1, 0.15) is 32.6 Å². The minimum absolute atomic E-state index is 0.0550. The number of likely N-dealkylation sites (tertiary alicyclic amines) is 1. The van der Waals surface area contributed by atoms with Crippen molar-refractivity contribution in [1.82, 2.24) is 9.80 Å². The van der Waals surface area contributed by atoms with Gasteiger partial charge in [0.25, 0.3) is 0 Å². The van der Waals surface area contributed by atoms with Crippen molar-refractivity contribution in [1.29, 1.82) is 0 Å². The van der Waals surface area contributed by atoms with Crippen LogP contribution in [-0.4, -0.2) is 59.5 Å². The highest BCUT2D eigenvalue weighted by Crippen LogP contribution is 2.18. The first-order chi connectivity index (χ1) is 8.06. The standard InChI is InChI=1S/C12H22N2O3/c1-3-7-14-8-5-4-6-10(14)12(17)13(2)9-11(15)16/h10H,3-9H2,1-2H3,(H,15,16). The van der Waals surface area contributed by atoms with Crippen molar-refractivity contribution in [2.45, 2.75) is 38.6 Å². The number of hydrogen-bond donors (Lipinski definition) is 1. The molecule has 1 aliphatic rings. The Balaban J connectivity index is 2.60. The first-order valence-electron chi connectivity index (χ1n) is 6.27. The van der Waals surface area contributed by atoms with Crippen molar-refractivity contribution in [3.05, 3.63) is 0 Å². The molecule has 17 heavy (non-hydrogen) atoms. The van der Waals surface area contributed by atoms with E-state index in [-0.39, 0.29) is 18.5 Å². The fourth-order valence-corrected chi connectivity index (χ4v) is 2.36. The van der Waals surface area contributed by atoms with Gasteiger partial charge in [0.15, 0.2) is 0 Å². The zero-order chi connectivity index (χ0) is 12.8. The lowest BCUT2D eigenvalue weighted by Gasteiger charge is -2.36. The predicted molar refractivity (Wildman–Crippen MR) is 64.8 cm³/mol. The van der Waals surface area contributed by atoms with Gasteiger partial charge in [-0.25, -0.2) is 0 Å². The Hall–Kier alpha value is -1.10. The maximum absolute atomic E-state index is 12.1. The fraction of sp³-hybridized carbons (Fsp3) is 0.833. The van der Waals surface area contributed by atoms with Gasteiger partial charge in [0, 0.05) is 7.05 Å². The Morgan fingerprint density at radius 2 is 2.12 bits per heavy atom. The van der Waals surface area contributed by atoms with Crippen LogP contribution < -0.4 is 0 Å². The molecule has 1 N–H and O–H groups in total. The van der Waals surface area contributed by atoms with Crippen molar-refractivity contribution < 1.29 is 14.7 Å². The van der Waals surface area contributed by atoms with Crippen molar-refractivity contribution in [2.75, 3.05) is 26.7 Å². The normalized spacial score (nSPS) is 21.2. The molecule has 0 aromatic carbocycles. The Bertz CT molecular complexity index is 279. The van der Waals surface area contributed by atoms with Crippen LogP contribution in [0.4, 0.5) is 0 Å². The fourth-order valence-electron chi connectivity index (χ4n) is 2.36. The van der Waals surface area contributed by atoms with Gasteiger partial charge in [-0.15, -0.1) is 0 Å². The van der Waals surface area contributed by atoms with Crippen molar-refractivity contribution >= 4 is 11.9 Å². The molecule has 1 fully saturated rings. The average molecular weight is 242 g/mol. The van der Waals surface area contributed by atoms with Crippen molar-refractivity contribution in [3.63, 3.8) is 0 Å². The summed E-state index contributed by atoms with van der Waals surface area (Å²) in [4.78, 5) is 26.2. The summed E-state index contributed by atoms with van der Waals surface area (Å²) in [5, 5.41) is 8.69. The molecule has 0 aliphatic carbocycles. The molecule has 0 radical (unpaired) electrons. The molecule has 0 bridgehead atoms. The van der Waals surface area contributed by atoms with E-state index in [1.54, 1.807) is 7.05 Å². The molecule has 1 saturated heterocycles. The largest absolute Gasteiger partial charge is 0.480 e. The summed E-state index contributed by atoms with van der Waals surface area (Å²) in [5.41, 5.74) is 0. The average Bonchev–Trinajstić information content (AvgIpc) is 2.28. The molecule has 98 valence electrons. The summed E-state index contributed by atoms with van der Waals surface area (Å²) in [5.74, 6) is -1.01. The van der Waals surface area contributed by atoms with Gasteiger partial charge in [-0.1, -0.05) is 13.3 Å². The van der Waals surface area contributed by atoms with E-state index < -0.39 is 5.97 Å². The predicted octanol–water partition coefficient (Wildman–Crippen LogP) is 0.794. The Morgan fingerprint density at radius 3 is 2.71 bits per heavy atom. The third-order valence-corrected chi connectivity index (χ3v) is 3.16. The van der Waals surface area contributed by atoms with Crippen LogP contribution in [0.5, 0.6) is 0 Å². The van der Waals surface area contributed by atoms with E-state index in [2.05, 4.69) is 11.8 Å². The minimum atomic E-state index is -0.960. The third kappa shape index (κ3) is 4.00. The number of carboxylic acids is 1. The number of amides is 1. The quantitative estimate of drug-likeness (QED) is 0.774. The van der Waals surface area contributed by atoms with Crippen LogP contribution in [0.25, 0.3) is 0 Å². The Kier molecular flexibility index (Phi) is 5.41. The maximum Gasteiger partial charge on any atom is 0.323 e. The number of carbonyl (C=O) groups is 2. The highest BCUT2D eigenvalue weighted by Gasteiger charge is 2.30. The summed E-state index contributed by atoms with van der Waals surface area (Å²) in [7, 11) is 1.56. The monoisotopic (exact) mass is 242 g/mol. The zero-order valence-corrected chi connectivity index (χ0v) is 10.7. The molecule has 1 amide bonds. The lowest BCUT2D eigenvalue weighted by atomic mass is 10.0. The highest BCUT2D eigenvalue weighted by molar-refractivity contribution is 5.85. The molecule has 0 saturated carbocycles. The second-order valence-electron chi connectivity index (χ2n) is 4.64. The van der Waals surface area contributed by atoms with Gasteiger partial charge >= 0.3 is 5.97 Å². The lowest BCUT2D eigenvalue weighted by molar-refractivity contribution is -0.146. The zero-order valence-electron chi connectivity index (χ0n) is 10.7. The highest BCUT2D eigenvalue weighted by atomic mass is 16.4. The summed E-state index contributed by atoms with van der Waals surface area (Å²) in [6.45, 7) is 3.74. The first-order valence-corrected chi connectivity index (χ1v) is 6.27. The number of likely N-dealkylation sites (N-methyl/N-ethyl adjacent to an activating group) is 1. The number of carboxylic acid groups (broad SMARTS) is 1. The van der Waals surface area contributed by atoms with Crippen LogP contribution in [0.2, 0.25) is 0 Å². The molecule has 1 atom stereocenters. The van der Waals surface area contributed by atoms with Crippen LogP contribution in [0.3, 0.4) is 0 Å². The van der Waals surface area contributed by atoms with Crippen LogP contribution >= 0.6 is 0 Å². The lowest BCUT2D eigenvalue weighted by Crippen LogP contribution is -2.51. The van der Waals surface area contributed by atoms with Gasteiger partial charge in [-0.3, -0.25) is 14.5 Å². The SMILES string of the molecule is CCCN1CCCCC1C(=O)N(C)CC(=O)O. The number of hydrogen-bond acceptors (Lipinski definition) is 3. The summed E-state index contributed by atoms with van der Waals surface area (Å²) in [6.07, 6.45) is 4.05. The second kappa shape index (κ2) is 6.59. The van der Waals surface area contributed by atoms with Crippen LogP contribution in [0.15, 0.2) is 0 Å². The minimum Gasteiger partial charge on any atom is -0.480 e. The van der Waals surface area contributed by atoms with Gasteiger partial charge in [-0.05, 0) is 32.4 Å². The van der Waals surface area contributed by atoms with Crippen LogP contribution in [0, 0.1) is 0 Å².